The zero-order valence-corrected chi connectivity index (χ0v) is 18.7. The Hall–Kier alpha value is -3.17. The van der Waals surface area contributed by atoms with Crippen molar-refractivity contribution in [3.63, 3.8) is 0 Å². The molecule has 0 aromatic carbocycles. The second-order valence-corrected chi connectivity index (χ2v) is 8.89. The molecule has 1 saturated heterocycles. The normalized spacial score (nSPS) is 20.4. The van der Waals surface area contributed by atoms with E-state index in [1.165, 1.54) is 36.1 Å². The molecule has 3 rings (SSSR count). The number of oxime groups is 1. The van der Waals surface area contributed by atoms with Crippen molar-refractivity contribution in [2.45, 2.75) is 11.4 Å². The van der Waals surface area contributed by atoms with Gasteiger partial charge in [0.05, 0.1) is 0 Å². The van der Waals surface area contributed by atoms with Crippen LogP contribution in [0.2, 0.25) is 0 Å². The molecule has 0 spiro atoms. The number of fused-ring (bicyclic) bond motifs is 1. The van der Waals surface area contributed by atoms with Crippen molar-refractivity contribution in [2.24, 2.45) is 10.9 Å². The van der Waals surface area contributed by atoms with Gasteiger partial charge < -0.3 is 31.6 Å². The summed E-state index contributed by atoms with van der Waals surface area (Å²) < 4.78 is 0. The van der Waals surface area contributed by atoms with Crippen LogP contribution in [-0.4, -0.2) is 93.7 Å². The highest BCUT2D eigenvalue weighted by molar-refractivity contribution is 8.00. The second kappa shape index (κ2) is 9.54. The number of thioether (sulfide) groups is 1. The van der Waals surface area contributed by atoms with Crippen LogP contribution in [0.5, 0.6) is 0 Å². The number of rotatable bonds is 8. The summed E-state index contributed by atoms with van der Waals surface area (Å²) in [5.74, 6) is -2.68. The maximum atomic E-state index is 12.9. The first-order valence-corrected chi connectivity index (χ1v) is 11.1. The lowest BCUT2D eigenvalue weighted by atomic mass is 10.0. The van der Waals surface area contributed by atoms with E-state index in [1.54, 1.807) is 0 Å². The van der Waals surface area contributed by atoms with Crippen LogP contribution in [0.3, 0.4) is 0 Å². The van der Waals surface area contributed by atoms with Gasteiger partial charge in [-0.3, -0.25) is 19.3 Å². The van der Waals surface area contributed by atoms with E-state index in [0.29, 0.717) is 11.3 Å². The molecule has 3 heterocycles. The summed E-state index contributed by atoms with van der Waals surface area (Å²) in [4.78, 5) is 60.3. The Balaban J connectivity index is 1.77. The van der Waals surface area contributed by atoms with Crippen LogP contribution in [0.25, 0.3) is 0 Å². The number of nitrogen functional groups attached to an aromatic ring is 1. The molecule has 0 radical (unpaired) electrons. The topological polar surface area (TPSA) is 194 Å². The first-order chi connectivity index (χ1) is 15.1. The van der Waals surface area contributed by atoms with Crippen LogP contribution in [0.15, 0.2) is 21.8 Å². The number of carboxylic acid groups (broad SMARTS) is 1. The molecule has 0 bridgehead atoms. The minimum Gasteiger partial charge on any atom is -0.477 e. The molecule has 1 aromatic rings. The van der Waals surface area contributed by atoms with Gasteiger partial charge in [-0.05, 0) is 5.57 Å². The lowest BCUT2D eigenvalue weighted by molar-refractivity contribution is -0.150. The van der Waals surface area contributed by atoms with Gasteiger partial charge in [-0.25, -0.2) is 9.78 Å². The van der Waals surface area contributed by atoms with E-state index in [4.69, 9.17) is 16.3 Å². The fourth-order valence-electron chi connectivity index (χ4n) is 2.93. The number of likely N-dealkylation sites (N-methyl/N-ethyl adjacent to an activating group) is 1. The molecule has 0 aliphatic carbocycles. The molecule has 172 valence electrons. The molecule has 1 fully saturated rings. The lowest BCUT2D eigenvalue weighted by Gasteiger charge is -2.49. The van der Waals surface area contributed by atoms with Crippen LogP contribution >= 0.6 is 23.1 Å². The van der Waals surface area contributed by atoms with Gasteiger partial charge in [-0.1, -0.05) is 5.16 Å². The van der Waals surface area contributed by atoms with Crippen LogP contribution in [-0.2, 0) is 24.0 Å². The van der Waals surface area contributed by atoms with Gasteiger partial charge in [0.25, 0.3) is 17.7 Å². The van der Waals surface area contributed by atoms with Crippen LogP contribution in [0.1, 0.15) is 5.69 Å². The van der Waals surface area contributed by atoms with E-state index in [0.717, 1.165) is 16.2 Å². The number of nitrogens with one attached hydrogen (secondary N) is 1. The first kappa shape index (κ1) is 23.5. The Labute approximate surface area is 190 Å². The molecular weight excluding hydrogens is 462 g/mol. The summed E-state index contributed by atoms with van der Waals surface area (Å²) in [6.07, 6.45) is 0. The fourth-order valence-corrected chi connectivity index (χ4v) is 4.84. The van der Waals surface area contributed by atoms with E-state index >= 15 is 0 Å². The maximum absolute atomic E-state index is 12.9. The zero-order valence-electron chi connectivity index (χ0n) is 17.1. The number of hydrogen-bond acceptors (Lipinski definition) is 11. The summed E-state index contributed by atoms with van der Waals surface area (Å²) in [7, 11) is 3.08. The predicted octanol–water partition coefficient (Wildman–Crippen LogP) is -1.77. The first-order valence-electron chi connectivity index (χ1n) is 9.18. The van der Waals surface area contributed by atoms with E-state index in [2.05, 4.69) is 15.5 Å². The molecule has 32 heavy (non-hydrogen) atoms. The summed E-state index contributed by atoms with van der Waals surface area (Å²) in [5, 5.41) is 16.8. The smallest absolute Gasteiger partial charge is 0.352 e. The summed E-state index contributed by atoms with van der Waals surface area (Å²) in [6, 6.07) is -0.981. The van der Waals surface area contributed by atoms with E-state index in [-0.39, 0.29) is 34.7 Å². The highest BCUT2D eigenvalue weighted by Crippen LogP contribution is 2.40. The Morgan fingerprint density at radius 1 is 1.44 bits per heavy atom. The van der Waals surface area contributed by atoms with Crippen LogP contribution < -0.4 is 16.8 Å². The third-order valence-corrected chi connectivity index (χ3v) is 6.62. The Morgan fingerprint density at radius 2 is 2.16 bits per heavy atom. The number of hydrogen-bond donors (Lipinski definition) is 4. The average Bonchev–Trinajstić information content (AvgIpc) is 3.18. The summed E-state index contributed by atoms with van der Waals surface area (Å²) in [5.41, 5.74) is 11.4. The highest BCUT2D eigenvalue weighted by atomic mass is 32.2. The minimum atomic E-state index is -1.26. The number of nitrogens with two attached hydrogens (primary N) is 2. The predicted molar refractivity (Wildman–Crippen MR) is 116 cm³/mol. The number of carbonyl (C=O) groups is 4. The van der Waals surface area contributed by atoms with Gasteiger partial charge in [0, 0.05) is 31.8 Å². The monoisotopic (exact) mass is 483 g/mol. The summed E-state index contributed by atoms with van der Waals surface area (Å²) in [6.45, 7) is -0.403. The van der Waals surface area contributed by atoms with E-state index < -0.39 is 35.8 Å². The number of aromatic nitrogens is 1. The maximum Gasteiger partial charge on any atom is 0.352 e. The largest absolute Gasteiger partial charge is 0.477 e. The number of nitrogens with zero attached hydrogens (tertiary/aromatic N) is 4. The zero-order chi connectivity index (χ0) is 23.6. The summed E-state index contributed by atoms with van der Waals surface area (Å²) >= 11 is 2.36. The number of thiazole rings is 1. The SMILES string of the molecule is CN(C)C(=O)CON=C(C(=O)NC1C(=O)N2C(C(=O)O)=C(CN)CS[C@@H]12)c1csc(N)n1. The molecule has 15 heteroatoms. The van der Waals surface area contributed by atoms with Gasteiger partial charge in [-0.2, -0.15) is 0 Å². The van der Waals surface area contributed by atoms with Crippen molar-refractivity contribution < 1.29 is 29.1 Å². The van der Waals surface area contributed by atoms with Gasteiger partial charge in [0.1, 0.15) is 22.8 Å². The molecule has 2 atom stereocenters. The molecule has 2 aliphatic rings. The molecular formula is C17H21N7O6S2. The van der Waals surface area contributed by atoms with Gasteiger partial charge in [0.2, 0.25) is 0 Å². The van der Waals surface area contributed by atoms with Crippen molar-refractivity contribution in [1.29, 1.82) is 0 Å². The Bertz CT molecular complexity index is 1020. The minimum absolute atomic E-state index is 0.00716. The number of amides is 3. The van der Waals surface area contributed by atoms with Gasteiger partial charge in [-0.15, -0.1) is 23.1 Å². The number of anilines is 1. The van der Waals surface area contributed by atoms with Crippen LogP contribution in [0.4, 0.5) is 5.13 Å². The number of aliphatic carboxylic acids is 1. The van der Waals surface area contributed by atoms with Crippen molar-refractivity contribution in [3.05, 3.63) is 22.3 Å². The van der Waals surface area contributed by atoms with Gasteiger partial charge >= 0.3 is 5.97 Å². The van der Waals surface area contributed by atoms with Crippen molar-refractivity contribution in [1.82, 2.24) is 20.1 Å². The highest BCUT2D eigenvalue weighted by Gasteiger charge is 2.54. The van der Waals surface area contributed by atoms with Crippen molar-refractivity contribution >= 4 is 57.6 Å². The molecule has 1 aromatic heterocycles. The fraction of sp³-hybridized carbons (Fsp3) is 0.412. The average molecular weight is 484 g/mol. The second-order valence-electron chi connectivity index (χ2n) is 6.89. The number of carbonyl (C=O) groups excluding carboxylic acids is 3. The standard InChI is InChI=1S/C17H21N7O6S2/c1-23(2)9(25)4-30-22-10(8-6-32-17(19)20-8)13(26)21-11-14(27)24-12(16(28)29)7(3-18)5-31-15(11)24/h6,11,15H,3-5,18H2,1-2H3,(H2,19,20)(H,21,26)(H,28,29)/t11?,15-/m0/s1. The molecule has 0 saturated carbocycles. The lowest BCUT2D eigenvalue weighted by Crippen LogP contribution is -2.71. The third-order valence-electron chi connectivity index (χ3n) is 4.61. The van der Waals surface area contributed by atoms with E-state index in [9.17, 15) is 24.3 Å². The molecule has 13 nitrogen and oxygen atoms in total. The molecule has 1 unspecified atom stereocenters. The third kappa shape index (κ3) is 4.53. The molecule has 6 N–H and O–H groups in total. The number of carboxylic acids is 1. The van der Waals surface area contributed by atoms with Crippen LogP contribution in [0, 0.1) is 0 Å². The van der Waals surface area contributed by atoms with Crippen molar-refractivity contribution in [3.8, 4) is 0 Å². The molecule has 2 aliphatic heterocycles. The van der Waals surface area contributed by atoms with Gasteiger partial charge in [0.15, 0.2) is 17.5 Å². The number of β-lactam (4-membered cyclic amide) rings is 1. The quantitative estimate of drug-likeness (QED) is 0.187. The Kier molecular flexibility index (Phi) is 7.00. The Morgan fingerprint density at radius 3 is 2.72 bits per heavy atom. The van der Waals surface area contributed by atoms with Crippen molar-refractivity contribution in [2.75, 3.05) is 38.7 Å². The van der Waals surface area contributed by atoms with E-state index in [1.807, 2.05) is 0 Å². The molecule has 3 amide bonds.